The number of amides is 1. The summed E-state index contributed by atoms with van der Waals surface area (Å²) in [5.41, 5.74) is 3.65. The number of benzene rings is 3. The lowest BCUT2D eigenvalue weighted by molar-refractivity contribution is -0.162. The van der Waals surface area contributed by atoms with Crippen molar-refractivity contribution in [2.24, 2.45) is 0 Å². The number of nitrogens with one attached hydrogen (secondary N) is 1. The Bertz CT molecular complexity index is 1560. The van der Waals surface area contributed by atoms with Crippen LogP contribution < -0.4 is 4.74 Å². The summed E-state index contributed by atoms with van der Waals surface area (Å²) in [4.78, 5) is 19.2. The third-order valence-corrected chi connectivity index (χ3v) is 9.05. The largest absolute Gasteiger partial charge is 0.504 e. The summed E-state index contributed by atoms with van der Waals surface area (Å²) in [5.74, 6) is 0.536. The summed E-state index contributed by atoms with van der Waals surface area (Å²) in [6.45, 7) is 0.519. The molecule has 1 spiro atoms. The molecule has 1 amide bonds. The summed E-state index contributed by atoms with van der Waals surface area (Å²) in [6, 6.07) is 20.7. The van der Waals surface area contributed by atoms with Crippen LogP contribution in [0.15, 0.2) is 66.7 Å². The first-order valence-corrected chi connectivity index (χ1v) is 12.2. The van der Waals surface area contributed by atoms with Crippen LogP contribution in [0, 0.1) is 0 Å². The molecule has 3 N–H and O–H groups in total. The van der Waals surface area contributed by atoms with E-state index in [0.29, 0.717) is 37.1 Å². The summed E-state index contributed by atoms with van der Waals surface area (Å²) >= 11 is 0. The van der Waals surface area contributed by atoms with E-state index in [4.69, 9.17) is 4.74 Å². The van der Waals surface area contributed by atoms with Gasteiger partial charge in [0.25, 0.3) is 5.91 Å². The minimum atomic E-state index is -1.23. The van der Waals surface area contributed by atoms with E-state index in [1.807, 2.05) is 59.5 Å². The SMILES string of the molecule is O=C(c1ccccc1)N1CC[C@]23c4c5ccc(O)c4O[C@H]2c2[nH]c4ccccc4c2C[C@@]3(O)[C@H]1C5. The molecule has 1 saturated heterocycles. The van der Waals surface area contributed by atoms with E-state index in [2.05, 4.69) is 11.1 Å². The predicted octanol–water partition coefficient (Wildman–Crippen LogP) is 4.00. The minimum Gasteiger partial charge on any atom is -0.504 e. The van der Waals surface area contributed by atoms with Crippen LogP contribution in [0.25, 0.3) is 10.9 Å². The first kappa shape index (κ1) is 19.5. The second kappa shape index (κ2) is 6.26. The smallest absolute Gasteiger partial charge is 0.254 e. The third kappa shape index (κ3) is 2.13. The molecule has 4 aliphatic rings. The number of carbonyl (C=O) groups excluding carboxylic acids is 1. The van der Waals surface area contributed by atoms with E-state index in [1.165, 1.54) is 0 Å². The standard InChI is InChI=1S/C29H24N2O4/c32-21-11-10-17-14-22-29(34)15-19-18-8-4-5-9-20(18)30-24(19)26-28(29,23(17)25(21)35-26)12-13-31(22)27(33)16-6-2-1-3-7-16/h1-11,22,26,30,32,34H,12-15H2/t22-,26+,28+,29-/m1/s1. The number of carbonyl (C=O) groups is 1. The van der Waals surface area contributed by atoms with Gasteiger partial charge in [0.05, 0.1) is 17.2 Å². The number of fused-ring (bicyclic) bond motifs is 4. The van der Waals surface area contributed by atoms with Gasteiger partial charge in [0.2, 0.25) is 0 Å². The lowest BCUT2D eigenvalue weighted by atomic mass is 9.49. The molecule has 174 valence electrons. The average molecular weight is 465 g/mol. The first-order valence-electron chi connectivity index (χ1n) is 12.2. The van der Waals surface area contributed by atoms with E-state index in [1.54, 1.807) is 6.07 Å². The van der Waals surface area contributed by atoms with Crippen LogP contribution in [0.1, 0.15) is 45.3 Å². The van der Waals surface area contributed by atoms with Gasteiger partial charge in [-0.2, -0.15) is 0 Å². The minimum absolute atomic E-state index is 0.0542. The summed E-state index contributed by atoms with van der Waals surface area (Å²) in [6.07, 6.45) is 1.04. The monoisotopic (exact) mass is 464 g/mol. The van der Waals surface area contributed by atoms with E-state index in [-0.39, 0.29) is 11.7 Å². The van der Waals surface area contributed by atoms with Gasteiger partial charge in [0.15, 0.2) is 17.6 Å². The zero-order chi connectivity index (χ0) is 23.5. The average Bonchev–Trinajstić information content (AvgIpc) is 3.41. The van der Waals surface area contributed by atoms with Crippen LogP contribution in [0.4, 0.5) is 0 Å². The van der Waals surface area contributed by atoms with Crippen LogP contribution in [-0.4, -0.2) is 44.2 Å². The second-order valence-corrected chi connectivity index (χ2v) is 10.4. The Morgan fingerprint density at radius 1 is 1.06 bits per heavy atom. The van der Waals surface area contributed by atoms with Gasteiger partial charge < -0.3 is 24.8 Å². The van der Waals surface area contributed by atoms with E-state index < -0.39 is 23.2 Å². The number of aromatic nitrogens is 1. The molecule has 3 aromatic carbocycles. The molecular formula is C29H24N2O4. The molecule has 3 heterocycles. The predicted molar refractivity (Wildman–Crippen MR) is 130 cm³/mol. The molecule has 2 aliphatic heterocycles. The van der Waals surface area contributed by atoms with Gasteiger partial charge in [0.1, 0.15) is 5.60 Å². The number of rotatable bonds is 1. The molecule has 0 radical (unpaired) electrons. The number of nitrogens with zero attached hydrogens (tertiary/aromatic N) is 1. The lowest BCUT2D eigenvalue weighted by Gasteiger charge is -2.62. The second-order valence-electron chi connectivity index (χ2n) is 10.4. The summed E-state index contributed by atoms with van der Waals surface area (Å²) in [5, 5.41) is 24.7. The maximum absolute atomic E-state index is 13.7. The molecule has 2 aliphatic carbocycles. The number of aromatic hydroxyl groups is 1. The lowest BCUT2D eigenvalue weighted by Crippen LogP contribution is -2.75. The van der Waals surface area contributed by atoms with E-state index >= 15 is 0 Å². The molecule has 2 bridgehead atoms. The highest BCUT2D eigenvalue weighted by atomic mass is 16.5. The Morgan fingerprint density at radius 3 is 2.71 bits per heavy atom. The van der Waals surface area contributed by atoms with Gasteiger partial charge in [0, 0.05) is 35.0 Å². The maximum atomic E-state index is 13.7. The molecule has 35 heavy (non-hydrogen) atoms. The topological polar surface area (TPSA) is 85.8 Å². The number of para-hydroxylation sites is 1. The molecular weight excluding hydrogens is 440 g/mol. The number of hydrogen-bond acceptors (Lipinski definition) is 4. The maximum Gasteiger partial charge on any atom is 0.254 e. The van der Waals surface area contributed by atoms with Crippen molar-refractivity contribution in [3.05, 3.63) is 94.7 Å². The number of ether oxygens (including phenoxy) is 1. The number of H-pyrrole nitrogens is 1. The molecule has 4 aromatic rings. The zero-order valence-corrected chi connectivity index (χ0v) is 19.0. The summed E-state index contributed by atoms with van der Waals surface area (Å²) < 4.78 is 6.57. The van der Waals surface area contributed by atoms with Crippen LogP contribution in [-0.2, 0) is 18.3 Å². The third-order valence-electron chi connectivity index (χ3n) is 9.05. The fourth-order valence-electron chi connectivity index (χ4n) is 7.63. The molecule has 1 fully saturated rings. The van der Waals surface area contributed by atoms with Crippen molar-refractivity contribution in [3.8, 4) is 11.5 Å². The first-order chi connectivity index (χ1) is 17.0. The molecule has 8 rings (SSSR count). The number of phenolic OH excluding ortho intramolecular Hbond substituents is 1. The molecule has 4 atom stereocenters. The van der Waals surface area contributed by atoms with Crippen molar-refractivity contribution in [1.29, 1.82) is 0 Å². The number of aliphatic hydroxyl groups is 1. The highest BCUT2D eigenvalue weighted by Gasteiger charge is 2.73. The molecule has 0 saturated carbocycles. The van der Waals surface area contributed by atoms with Crippen molar-refractivity contribution in [2.75, 3.05) is 6.54 Å². The fourth-order valence-corrected chi connectivity index (χ4v) is 7.63. The van der Waals surface area contributed by atoms with Gasteiger partial charge in [-0.15, -0.1) is 0 Å². The quantitative estimate of drug-likeness (QED) is 0.398. The van der Waals surface area contributed by atoms with Gasteiger partial charge in [-0.3, -0.25) is 4.79 Å². The molecule has 6 nitrogen and oxygen atoms in total. The normalized spacial score (nSPS) is 29.5. The number of aromatic amines is 1. The fraction of sp³-hybridized carbons (Fsp3) is 0.276. The Labute approximate surface area is 201 Å². The Hall–Kier alpha value is -3.77. The van der Waals surface area contributed by atoms with Gasteiger partial charge in [-0.1, -0.05) is 42.5 Å². The van der Waals surface area contributed by atoms with Crippen LogP contribution >= 0.6 is 0 Å². The Kier molecular flexibility index (Phi) is 3.49. The van der Waals surface area contributed by atoms with Gasteiger partial charge in [-0.25, -0.2) is 0 Å². The van der Waals surface area contributed by atoms with E-state index in [0.717, 1.165) is 33.3 Å². The van der Waals surface area contributed by atoms with E-state index in [9.17, 15) is 15.0 Å². The van der Waals surface area contributed by atoms with Crippen molar-refractivity contribution < 1.29 is 19.7 Å². The van der Waals surface area contributed by atoms with Crippen LogP contribution in [0.3, 0.4) is 0 Å². The molecule has 6 heteroatoms. The number of hydrogen-bond donors (Lipinski definition) is 3. The van der Waals surface area contributed by atoms with Gasteiger partial charge >= 0.3 is 0 Å². The van der Waals surface area contributed by atoms with Crippen LogP contribution in [0.5, 0.6) is 11.5 Å². The molecule has 0 unspecified atom stereocenters. The highest BCUT2D eigenvalue weighted by molar-refractivity contribution is 5.95. The zero-order valence-electron chi connectivity index (χ0n) is 19.0. The van der Waals surface area contributed by atoms with Crippen molar-refractivity contribution in [1.82, 2.24) is 9.88 Å². The van der Waals surface area contributed by atoms with Crippen molar-refractivity contribution >= 4 is 16.8 Å². The van der Waals surface area contributed by atoms with Crippen molar-refractivity contribution in [2.45, 2.75) is 42.4 Å². The summed E-state index contributed by atoms with van der Waals surface area (Å²) in [7, 11) is 0. The number of piperidine rings is 1. The van der Waals surface area contributed by atoms with Crippen LogP contribution in [0.2, 0.25) is 0 Å². The highest BCUT2D eigenvalue weighted by Crippen LogP contribution is 2.69. The number of likely N-dealkylation sites (tertiary alicyclic amines) is 1. The van der Waals surface area contributed by atoms with Crippen molar-refractivity contribution in [3.63, 3.8) is 0 Å². The number of phenols is 1. The van der Waals surface area contributed by atoms with Gasteiger partial charge in [-0.05, 0) is 48.2 Å². The Morgan fingerprint density at radius 2 is 1.86 bits per heavy atom. The molecule has 1 aromatic heterocycles. The Balaban J connectivity index is 1.39.